The van der Waals surface area contributed by atoms with E-state index in [2.05, 4.69) is 31.3 Å². The zero-order valence-electron chi connectivity index (χ0n) is 18.7. The number of rotatable bonds is 8. The van der Waals surface area contributed by atoms with Crippen molar-refractivity contribution in [3.05, 3.63) is 63.6 Å². The SMILES string of the molecule is CCCC1C(=O)NC(C)C1C(Cc1ccc(OCC)cc1Cl)c1ccc(Cl)cc1.O=CO. The van der Waals surface area contributed by atoms with Gasteiger partial charge in [0.05, 0.1) is 6.61 Å². The van der Waals surface area contributed by atoms with Crippen LogP contribution in [0.15, 0.2) is 42.5 Å². The van der Waals surface area contributed by atoms with Crippen LogP contribution in [-0.4, -0.2) is 30.1 Å². The van der Waals surface area contributed by atoms with Crippen LogP contribution in [0.2, 0.25) is 10.0 Å². The molecule has 1 saturated heterocycles. The Bertz CT molecular complexity index is 888. The van der Waals surface area contributed by atoms with Crippen LogP contribution in [0.3, 0.4) is 0 Å². The van der Waals surface area contributed by atoms with Crippen molar-refractivity contribution in [2.75, 3.05) is 6.61 Å². The van der Waals surface area contributed by atoms with Gasteiger partial charge in [-0.1, -0.05) is 54.7 Å². The van der Waals surface area contributed by atoms with Crippen LogP contribution in [0.4, 0.5) is 0 Å². The van der Waals surface area contributed by atoms with Crippen LogP contribution in [-0.2, 0) is 16.0 Å². The summed E-state index contributed by atoms with van der Waals surface area (Å²) in [6, 6.07) is 14.0. The minimum atomic E-state index is -0.250. The number of carbonyl (C=O) groups is 2. The van der Waals surface area contributed by atoms with Crippen molar-refractivity contribution in [1.29, 1.82) is 0 Å². The number of nitrogens with one attached hydrogen (secondary N) is 1. The van der Waals surface area contributed by atoms with Crippen LogP contribution >= 0.6 is 23.2 Å². The number of halogens is 2. The van der Waals surface area contributed by atoms with Crippen molar-refractivity contribution in [2.24, 2.45) is 11.8 Å². The molecule has 5 nitrogen and oxygen atoms in total. The first-order chi connectivity index (χ1) is 15.4. The highest BCUT2D eigenvalue weighted by atomic mass is 35.5. The van der Waals surface area contributed by atoms with Crippen molar-refractivity contribution in [2.45, 2.75) is 52.0 Å². The summed E-state index contributed by atoms with van der Waals surface area (Å²) in [5.41, 5.74) is 2.26. The van der Waals surface area contributed by atoms with Gasteiger partial charge >= 0.3 is 0 Å². The first-order valence-electron chi connectivity index (χ1n) is 10.9. The number of ether oxygens (including phenoxy) is 1. The van der Waals surface area contributed by atoms with Crippen LogP contribution in [0, 0.1) is 11.8 Å². The average molecular weight is 480 g/mol. The lowest BCUT2D eigenvalue weighted by molar-refractivity contribution is -0.124. The molecule has 1 aliphatic rings. The summed E-state index contributed by atoms with van der Waals surface area (Å²) >= 11 is 12.7. The molecule has 174 valence electrons. The number of hydrogen-bond acceptors (Lipinski definition) is 3. The Balaban J connectivity index is 0.00000114. The molecule has 32 heavy (non-hydrogen) atoms. The molecule has 7 heteroatoms. The molecule has 0 spiro atoms. The van der Waals surface area contributed by atoms with E-state index in [4.69, 9.17) is 37.8 Å². The molecular formula is C25H31Cl2NO4. The fourth-order valence-corrected chi connectivity index (χ4v) is 4.96. The van der Waals surface area contributed by atoms with Gasteiger partial charge in [-0.2, -0.15) is 0 Å². The Labute approximate surface area is 200 Å². The van der Waals surface area contributed by atoms with Crippen molar-refractivity contribution >= 4 is 35.6 Å². The number of amides is 1. The number of hydrogen-bond donors (Lipinski definition) is 2. The second kappa shape index (κ2) is 12.7. The highest BCUT2D eigenvalue weighted by Crippen LogP contribution is 2.42. The monoisotopic (exact) mass is 479 g/mol. The third-order valence-electron chi connectivity index (χ3n) is 5.89. The number of carbonyl (C=O) groups excluding carboxylic acids is 1. The summed E-state index contributed by atoms with van der Waals surface area (Å²) in [5.74, 6) is 1.32. The molecule has 2 aromatic carbocycles. The molecule has 0 aromatic heterocycles. The van der Waals surface area contributed by atoms with E-state index in [-0.39, 0.29) is 36.2 Å². The lowest BCUT2D eigenvalue weighted by atomic mass is 9.72. The third-order valence-corrected chi connectivity index (χ3v) is 6.49. The van der Waals surface area contributed by atoms with E-state index in [1.165, 1.54) is 5.56 Å². The molecule has 2 aromatic rings. The van der Waals surface area contributed by atoms with Crippen LogP contribution < -0.4 is 10.1 Å². The van der Waals surface area contributed by atoms with E-state index in [9.17, 15) is 4.79 Å². The van der Waals surface area contributed by atoms with Crippen LogP contribution in [0.5, 0.6) is 5.75 Å². The van der Waals surface area contributed by atoms with Gasteiger partial charge in [-0.15, -0.1) is 0 Å². The lowest BCUT2D eigenvalue weighted by Crippen LogP contribution is -2.30. The Morgan fingerprint density at radius 3 is 2.38 bits per heavy atom. The molecule has 4 unspecified atom stereocenters. The maximum absolute atomic E-state index is 12.6. The van der Waals surface area contributed by atoms with Crippen LogP contribution in [0.25, 0.3) is 0 Å². The van der Waals surface area contributed by atoms with Crippen molar-refractivity contribution in [3.8, 4) is 5.75 Å². The van der Waals surface area contributed by atoms with Gasteiger partial charge in [-0.25, -0.2) is 0 Å². The van der Waals surface area contributed by atoms with Gasteiger partial charge in [-0.3, -0.25) is 9.59 Å². The van der Waals surface area contributed by atoms with E-state index < -0.39 is 0 Å². The maximum atomic E-state index is 12.6. The van der Waals surface area contributed by atoms with Gasteiger partial charge in [0.1, 0.15) is 5.75 Å². The molecule has 0 radical (unpaired) electrons. The third kappa shape index (κ3) is 6.63. The largest absolute Gasteiger partial charge is 0.494 e. The standard InChI is InChI=1S/C24H29Cl2NO2.CH2O2/c1-4-6-20-23(15(3)27-24(20)28)21(16-7-10-18(25)11-8-16)13-17-9-12-19(29-5-2)14-22(17)26;2-1-3/h7-12,14-15,20-21,23H,4-6,13H2,1-3H3,(H,27,28);1H,(H,2,3). The van der Waals surface area contributed by atoms with E-state index >= 15 is 0 Å². The molecular weight excluding hydrogens is 449 g/mol. The van der Waals surface area contributed by atoms with Gasteiger partial charge in [0.15, 0.2) is 0 Å². The fraction of sp³-hybridized carbons (Fsp3) is 0.440. The summed E-state index contributed by atoms with van der Waals surface area (Å²) in [7, 11) is 0. The van der Waals surface area contributed by atoms with E-state index in [0.717, 1.165) is 30.6 Å². The molecule has 4 atom stereocenters. The molecule has 1 heterocycles. The zero-order chi connectivity index (χ0) is 23.7. The zero-order valence-corrected chi connectivity index (χ0v) is 20.2. The van der Waals surface area contributed by atoms with Gasteiger partial charge in [0.25, 0.3) is 6.47 Å². The quantitative estimate of drug-likeness (QED) is 0.457. The minimum absolute atomic E-state index is 0.0113. The maximum Gasteiger partial charge on any atom is 0.290 e. The molecule has 0 bridgehead atoms. The molecule has 2 N–H and O–H groups in total. The van der Waals surface area contributed by atoms with Gasteiger partial charge in [0, 0.05) is 22.0 Å². The van der Waals surface area contributed by atoms with Crippen LogP contribution in [0.1, 0.15) is 50.7 Å². The smallest absolute Gasteiger partial charge is 0.290 e. The molecule has 1 amide bonds. The molecule has 3 rings (SSSR count). The summed E-state index contributed by atoms with van der Waals surface area (Å²) in [5, 5.41) is 11.5. The lowest BCUT2D eigenvalue weighted by Gasteiger charge is -2.31. The molecule has 0 aliphatic carbocycles. The summed E-state index contributed by atoms with van der Waals surface area (Å²) in [4.78, 5) is 21.0. The molecule has 0 saturated carbocycles. The minimum Gasteiger partial charge on any atom is -0.494 e. The van der Waals surface area contributed by atoms with Gasteiger partial charge < -0.3 is 15.2 Å². The van der Waals surface area contributed by atoms with E-state index in [0.29, 0.717) is 16.7 Å². The number of benzene rings is 2. The second-order valence-corrected chi connectivity index (χ2v) is 8.77. The first kappa shape index (κ1) is 26.0. The van der Waals surface area contributed by atoms with E-state index in [1.54, 1.807) is 0 Å². The van der Waals surface area contributed by atoms with Crippen molar-refractivity contribution in [3.63, 3.8) is 0 Å². The van der Waals surface area contributed by atoms with Gasteiger partial charge in [-0.05, 0) is 73.9 Å². The molecule has 1 fully saturated rings. The predicted molar refractivity (Wildman–Crippen MR) is 129 cm³/mol. The molecule has 1 aliphatic heterocycles. The Morgan fingerprint density at radius 2 is 1.81 bits per heavy atom. The van der Waals surface area contributed by atoms with E-state index in [1.807, 2.05) is 37.3 Å². The highest BCUT2D eigenvalue weighted by Gasteiger charge is 2.44. The van der Waals surface area contributed by atoms with Crippen molar-refractivity contribution < 1.29 is 19.4 Å². The Hall–Kier alpha value is -2.24. The summed E-state index contributed by atoms with van der Waals surface area (Å²) in [6.45, 7) is 6.56. The predicted octanol–water partition coefficient (Wildman–Crippen LogP) is 5.97. The topological polar surface area (TPSA) is 75.6 Å². The average Bonchev–Trinajstić information content (AvgIpc) is 3.02. The summed E-state index contributed by atoms with van der Waals surface area (Å²) < 4.78 is 5.57. The van der Waals surface area contributed by atoms with Gasteiger partial charge in [0.2, 0.25) is 5.91 Å². The summed E-state index contributed by atoms with van der Waals surface area (Å²) in [6.07, 6.45) is 2.64. The fourth-order valence-electron chi connectivity index (χ4n) is 4.59. The Kier molecular flexibility index (Phi) is 10.3. The second-order valence-electron chi connectivity index (χ2n) is 7.92. The highest BCUT2D eigenvalue weighted by molar-refractivity contribution is 6.31. The normalized spacial score (nSPS) is 20.7. The number of carboxylic acid groups (broad SMARTS) is 1. The Morgan fingerprint density at radius 1 is 1.16 bits per heavy atom. The first-order valence-corrected chi connectivity index (χ1v) is 11.7. The van der Waals surface area contributed by atoms with Crippen molar-refractivity contribution in [1.82, 2.24) is 5.32 Å².